The van der Waals surface area contributed by atoms with Crippen molar-refractivity contribution in [2.75, 3.05) is 19.5 Å². The molecule has 2 amide bonds. The molecule has 196 valence electrons. The molecule has 1 aliphatic carbocycles. The van der Waals surface area contributed by atoms with Crippen LogP contribution < -0.4 is 10.1 Å². The maximum absolute atomic E-state index is 14.2. The van der Waals surface area contributed by atoms with Crippen LogP contribution >= 0.6 is 0 Å². The molecular formula is C31H32N2O5. The number of rotatable bonds is 6. The molecule has 0 radical (unpaired) electrons. The highest BCUT2D eigenvalue weighted by atomic mass is 16.5. The first kappa shape index (κ1) is 25.5. The number of carbonyl (C=O) groups excluding carboxylic acids is 3. The molecule has 0 aromatic heterocycles. The Kier molecular flexibility index (Phi) is 7.45. The third kappa shape index (κ3) is 4.76. The summed E-state index contributed by atoms with van der Waals surface area (Å²) in [6, 6.07) is 21.3. The zero-order chi connectivity index (χ0) is 26.6. The van der Waals surface area contributed by atoms with Crippen LogP contribution in [-0.4, -0.2) is 42.9 Å². The zero-order valence-corrected chi connectivity index (χ0v) is 21.7. The molecule has 1 heterocycles. The molecule has 0 saturated heterocycles. The van der Waals surface area contributed by atoms with E-state index >= 15 is 0 Å². The summed E-state index contributed by atoms with van der Waals surface area (Å²) in [7, 11) is 2.92. The minimum atomic E-state index is -0.690. The first-order valence-electron chi connectivity index (χ1n) is 13.1. The largest absolute Gasteiger partial charge is 0.497 e. The number of hydrogen-bond donors (Lipinski definition) is 1. The molecule has 2 aliphatic rings. The van der Waals surface area contributed by atoms with Crippen molar-refractivity contribution in [1.29, 1.82) is 0 Å². The smallest absolute Gasteiger partial charge is 0.339 e. The van der Waals surface area contributed by atoms with E-state index < -0.39 is 17.9 Å². The van der Waals surface area contributed by atoms with Gasteiger partial charge in [0.2, 0.25) is 5.91 Å². The summed E-state index contributed by atoms with van der Waals surface area (Å²) in [5.74, 6) is -0.857. The molecule has 38 heavy (non-hydrogen) atoms. The van der Waals surface area contributed by atoms with E-state index in [0.29, 0.717) is 22.6 Å². The molecule has 0 spiro atoms. The topological polar surface area (TPSA) is 84.9 Å². The summed E-state index contributed by atoms with van der Waals surface area (Å²) in [6.07, 6.45) is 5.06. The lowest BCUT2D eigenvalue weighted by Gasteiger charge is -2.46. The number of methoxy groups -OCH3 is 2. The van der Waals surface area contributed by atoms with Crippen molar-refractivity contribution < 1.29 is 23.9 Å². The lowest BCUT2D eigenvalue weighted by molar-refractivity contribution is -0.119. The van der Waals surface area contributed by atoms with Crippen molar-refractivity contribution in [2.45, 2.75) is 50.1 Å². The first-order chi connectivity index (χ1) is 18.5. The fourth-order valence-electron chi connectivity index (χ4n) is 5.84. The quantitative estimate of drug-likeness (QED) is 0.426. The summed E-state index contributed by atoms with van der Waals surface area (Å²) in [6.45, 7) is 0. The zero-order valence-electron chi connectivity index (χ0n) is 21.7. The Hall–Kier alpha value is -4.13. The fraction of sp³-hybridized carbons (Fsp3) is 0.323. The molecule has 2 atom stereocenters. The molecule has 1 saturated carbocycles. The highest BCUT2D eigenvalue weighted by molar-refractivity contribution is 6.07. The number of nitrogens with one attached hydrogen (secondary N) is 1. The van der Waals surface area contributed by atoms with E-state index in [4.69, 9.17) is 9.47 Å². The number of ether oxygens (including phenoxy) is 2. The van der Waals surface area contributed by atoms with Gasteiger partial charge < -0.3 is 19.7 Å². The Morgan fingerprint density at radius 3 is 2.26 bits per heavy atom. The van der Waals surface area contributed by atoms with E-state index in [1.165, 1.54) is 7.11 Å². The Morgan fingerprint density at radius 1 is 0.868 bits per heavy atom. The van der Waals surface area contributed by atoms with E-state index in [1.807, 2.05) is 47.4 Å². The average molecular weight is 513 g/mol. The fourth-order valence-corrected chi connectivity index (χ4v) is 5.84. The predicted molar refractivity (Wildman–Crippen MR) is 144 cm³/mol. The van der Waals surface area contributed by atoms with Crippen LogP contribution in [0, 0.1) is 0 Å². The summed E-state index contributed by atoms with van der Waals surface area (Å²) < 4.78 is 10.3. The summed E-state index contributed by atoms with van der Waals surface area (Å²) in [5, 5.41) is 2.99. The summed E-state index contributed by atoms with van der Waals surface area (Å²) in [5.41, 5.74) is 2.73. The molecule has 7 nitrogen and oxygen atoms in total. The molecule has 0 bridgehead atoms. The highest BCUT2D eigenvalue weighted by Crippen LogP contribution is 2.46. The molecule has 7 heteroatoms. The van der Waals surface area contributed by atoms with Crippen molar-refractivity contribution in [2.24, 2.45) is 0 Å². The van der Waals surface area contributed by atoms with Gasteiger partial charge in [-0.05, 0) is 54.3 Å². The molecule has 0 unspecified atom stereocenters. The molecule has 3 aromatic carbocycles. The monoisotopic (exact) mass is 512 g/mol. The predicted octanol–water partition coefficient (Wildman–Crippen LogP) is 5.73. The second-order valence-corrected chi connectivity index (χ2v) is 9.81. The van der Waals surface area contributed by atoms with Gasteiger partial charge in [-0.2, -0.15) is 0 Å². The number of nitrogens with zero attached hydrogens (tertiary/aromatic N) is 1. The Bertz CT molecular complexity index is 1330. The van der Waals surface area contributed by atoms with E-state index in [-0.39, 0.29) is 23.4 Å². The number of amides is 2. The van der Waals surface area contributed by atoms with Crippen LogP contribution in [0.3, 0.4) is 0 Å². The van der Waals surface area contributed by atoms with Gasteiger partial charge in [-0.15, -0.1) is 0 Å². The Labute approximate surface area is 222 Å². The second kappa shape index (κ2) is 11.1. The number of para-hydroxylation sites is 1. The van der Waals surface area contributed by atoms with Crippen molar-refractivity contribution >= 4 is 23.5 Å². The number of anilines is 1. The summed E-state index contributed by atoms with van der Waals surface area (Å²) >= 11 is 0. The standard InChI is InChI=1S/C31H32N2O5/c1-37-22-18-16-20(17-19-22)28-27(29(34)32-26-15-9-8-14-25(26)31(36)38-2)23-12-6-7-13-24(23)30(35)33(28)21-10-4-3-5-11-21/h6-9,12-19,21,27-28H,3-5,10-11H2,1-2H3,(H,32,34)/t27-,28+/m0/s1. The molecule has 5 rings (SSSR count). The number of carbonyl (C=O) groups is 3. The molecular weight excluding hydrogens is 480 g/mol. The van der Waals surface area contributed by atoms with Crippen molar-refractivity contribution in [3.8, 4) is 5.75 Å². The van der Waals surface area contributed by atoms with Crippen LogP contribution in [0.15, 0.2) is 72.8 Å². The molecule has 1 N–H and O–H groups in total. The number of esters is 1. The summed E-state index contributed by atoms with van der Waals surface area (Å²) in [4.78, 5) is 42.6. The van der Waals surface area contributed by atoms with Crippen LogP contribution in [0.25, 0.3) is 0 Å². The van der Waals surface area contributed by atoms with Crippen molar-refractivity contribution in [3.63, 3.8) is 0 Å². The van der Waals surface area contributed by atoms with Gasteiger partial charge in [-0.3, -0.25) is 9.59 Å². The van der Waals surface area contributed by atoms with Gasteiger partial charge in [0.15, 0.2) is 0 Å². The van der Waals surface area contributed by atoms with Crippen LogP contribution in [0.4, 0.5) is 5.69 Å². The number of fused-ring (bicyclic) bond motifs is 1. The van der Waals surface area contributed by atoms with Crippen LogP contribution in [0.1, 0.15) is 75.9 Å². The Morgan fingerprint density at radius 2 is 1.55 bits per heavy atom. The van der Waals surface area contributed by atoms with Gasteiger partial charge in [0.25, 0.3) is 5.91 Å². The average Bonchev–Trinajstić information content (AvgIpc) is 2.97. The second-order valence-electron chi connectivity index (χ2n) is 9.81. The van der Waals surface area contributed by atoms with Crippen LogP contribution in [-0.2, 0) is 9.53 Å². The van der Waals surface area contributed by atoms with Gasteiger partial charge in [-0.1, -0.05) is 61.7 Å². The van der Waals surface area contributed by atoms with Gasteiger partial charge in [0.05, 0.1) is 37.4 Å². The van der Waals surface area contributed by atoms with Gasteiger partial charge >= 0.3 is 5.97 Å². The van der Waals surface area contributed by atoms with E-state index in [2.05, 4.69) is 5.32 Å². The van der Waals surface area contributed by atoms with Crippen molar-refractivity contribution in [3.05, 3.63) is 95.1 Å². The lowest BCUT2D eigenvalue weighted by atomic mass is 9.77. The van der Waals surface area contributed by atoms with Crippen LogP contribution in [0.2, 0.25) is 0 Å². The van der Waals surface area contributed by atoms with Gasteiger partial charge in [0, 0.05) is 11.6 Å². The van der Waals surface area contributed by atoms with Crippen molar-refractivity contribution in [1.82, 2.24) is 4.90 Å². The highest BCUT2D eigenvalue weighted by Gasteiger charge is 2.46. The minimum Gasteiger partial charge on any atom is -0.497 e. The third-order valence-corrected chi connectivity index (χ3v) is 7.67. The Balaban J connectivity index is 1.64. The molecule has 1 aliphatic heterocycles. The van der Waals surface area contributed by atoms with E-state index in [0.717, 1.165) is 37.7 Å². The van der Waals surface area contributed by atoms with Gasteiger partial charge in [0.1, 0.15) is 5.75 Å². The number of hydrogen-bond acceptors (Lipinski definition) is 5. The lowest BCUT2D eigenvalue weighted by Crippen LogP contribution is -2.51. The normalized spacial score (nSPS) is 19.4. The van der Waals surface area contributed by atoms with E-state index in [1.54, 1.807) is 37.4 Å². The van der Waals surface area contributed by atoms with Gasteiger partial charge in [-0.25, -0.2) is 4.79 Å². The van der Waals surface area contributed by atoms with Crippen LogP contribution in [0.5, 0.6) is 5.75 Å². The maximum Gasteiger partial charge on any atom is 0.339 e. The SMILES string of the molecule is COC(=O)c1ccccc1NC(=O)[C@H]1c2ccccc2C(=O)N(C2CCCCC2)[C@@H]1c1ccc(OC)cc1. The first-order valence-corrected chi connectivity index (χ1v) is 13.1. The minimum absolute atomic E-state index is 0.0364. The molecule has 1 fully saturated rings. The third-order valence-electron chi connectivity index (χ3n) is 7.67. The maximum atomic E-state index is 14.2. The molecule has 3 aromatic rings. The number of benzene rings is 3. The van der Waals surface area contributed by atoms with E-state index in [9.17, 15) is 14.4 Å².